The highest BCUT2D eigenvalue weighted by atomic mass is 16.5. The zero-order valence-electron chi connectivity index (χ0n) is 11.6. The summed E-state index contributed by atoms with van der Waals surface area (Å²) in [6.45, 7) is 4.64. The lowest BCUT2D eigenvalue weighted by Crippen LogP contribution is -2.35. The van der Waals surface area contributed by atoms with Crippen LogP contribution in [0.5, 0.6) is 0 Å². The van der Waals surface area contributed by atoms with Gasteiger partial charge in [-0.2, -0.15) is 0 Å². The van der Waals surface area contributed by atoms with Crippen LogP contribution in [-0.4, -0.2) is 32.2 Å². The summed E-state index contributed by atoms with van der Waals surface area (Å²) < 4.78 is 4.99. The van der Waals surface area contributed by atoms with Crippen molar-refractivity contribution in [2.24, 2.45) is 5.73 Å². The summed E-state index contributed by atoms with van der Waals surface area (Å²) in [4.78, 5) is 12.0. The molecule has 3 N–H and O–H groups in total. The number of amides is 1. The standard InChI is InChI=1S/C15H20N2O2/c1-11-6-7-14(9-13(11)5-4-8-16)15(18)17-12(2)10-19-3/h6-7,9,12H,8,10,16H2,1-3H3,(H,17,18). The van der Waals surface area contributed by atoms with E-state index >= 15 is 0 Å². The van der Waals surface area contributed by atoms with Crippen LogP contribution < -0.4 is 11.1 Å². The van der Waals surface area contributed by atoms with Gasteiger partial charge in [0.1, 0.15) is 0 Å². The zero-order valence-corrected chi connectivity index (χ0v) is 11.6. The Morgan fingerprint density at radius 2 is 2.26 bits per heavy atom. The lowest BCUT2D eigenvalue weighted by atomic mass is 10.0. The molecule has 0 saturated carbocycles. The molecule has 0 aliphatic rings. The maximum Gasteiger partial charge on any atom is 0.251 e. The van der Waals surface area contributed by atoms with Crippen molar-refractivity contribution in [3.05, 3.63) is 34.9 Å². The Labute approximate surface area is 114 Å². The molecule has 0 radical (unpaired) electrons. The number of hydrogen-bond acceptors (Lipinski definition) is 3. The lowest BCUT2D eigenvalue weighted by Gasteiger charge is -2.13. The molecular formula is C15H20N2O2. The molecule has 0 aliphatic carbocycles. The van der Waals surface area contributed by atoms with E-state index in [-0.39, 0.29) is 11.9 Å². The third kappa shape index (κ3) is 4.74. The summed E-state index contributed by atoms with van der Waals surface area (Å²) in [5, 5.41) is 2.86. The van der Waals surface area contributed by atoms with E-state index in [1.165, 1.54) is 0 Å². The Morgan fingerprint density at radius 3 is 2.89 bits per heavy atom. The molecule has 1 amide bonds. The van der Waals surface area contributed by atoms with Gasteiger partial charge in [-0.05, 0) is 31.5 Å². The first-order valence-corrected chi connectivity index (χ1v) is 6.18. The molecule has 1 atom stereocenters. The largest absolute Gasteiger partial charge is 0.383 e. The Kier molecular flexibility index (Phi) is 6.07. The quantitative estimate of drug-likeness (QED) is 0.796. The van der Waals surface area contributed by atoms with E-state index < -0.39 is 0 Å². The van der Waals surface area contributed by atoms with Crippen LogP contribution in [0, 0.1) is 18.8 Å². The van der Waals surface area contributed by atoms with E-state index in [0.717, 1.165) is 11.1 Å². The molecule has 1 unspecified atom stereocenters. The molecule has 19 heavy (non-hydrogen) atoms. The molecule has 0 heterocycles. The molecule has 0 spiro atoms. The van der Waals surface area contributed by atoms with Crippen molar-refractivity contribution in [2.45, 2.75) is 19.9 Å². The van der Waals surface area contributed by atoms with E-state index in [1.807, 2.05) is 19.9 Å². The van der Waals surface area contributed by atoms with Crippen LogP contribution in [0.3, 0.4) is 0 Å². The van der Waals surface area contributed by atoms with Gasteiger partial charge in [0.2, 0.25) is 0 Å². The van der Waals surface area contributed by atoms with Crippen molar-refractivity contribution in [1.82, 2.24) is 5.32 Å². The van der Waals surface area contributed by atoms with Crippen molar-refractivity contribution >= 4 is 5.91 Å². The normalized spacial score (nSPS) is 11.4. The molecule has 0 bridgehead atoms. The second-order valence-corrected chi connectivity index (χ2v) is 4.37. The average Bonchev–Trinajstić information content (AvgIpc) is 2.37. The van der Waals surface area contributed by atoms with Crippen molar-refractivity contribution in [1.29, 1.82) is 0 Å². The van der Waals surface area contributed by atoms with E-state index in [0.29, 0.717) is 18.7 Å². The first-order chi connectivity index (χ1) is 9.08. The Balaban J connectivity index is 2.86. The van der Waals surface area contributed by atoms with Crippen LogP contribution >= 0.6 is 0 Å². The van der Waals surface area contributed by atoms with Crippen LogP contribution in [0.4, 0.5) is 0 Å². The smallest absolute Gasteiger partial charge is 0.251 e. The Morgan fingerprint density at radius 1 is 1.53 bits per heavy atom. The van der Waals surface area contributed by atoms with Crippen molar-refractivity contribution in [2.75, 3.05) is 20.3 Å². The maximum absolute atomic E-state index is 12.0. The van der Waals surface area contributed by atoms with E-state index in [9.17, 15) is 4.79 Å². The number of benzene rings is 1. The van der Waals surface area contributed by atoms with Gasteiger partial charge in [-0.15, -0.1) is 0 Å². The van der Waals surface area contributed by atoms with Crippen molar-refractivity contribution in [3.8, 4) is 11.8 Å². The van der Waals surface area contributed by atoms with Gasteiger partial charge in [0.05, 0.1) is 13.2 Å². The topological polar surface area (TPSA) is 64.3 Å². The summed E-state index contributed by atoms with van der Waals surface area (Å²) in [6, 6.07) is 5.43. The SMILES string of the molecule is COCC(C)NC(=O)c1ccc(C)c(C#CCN)c1. The Bertz CT molecular complexity index is 501. The van der Waals surface area contributed by atoms with Gasteiger partial charge in [-0.3, -0.25) is 4.79 Å². The highest BCUT2D eigenvalue weighted by molar-refractivity contribution is 5.94. The number of aryl methyl sites for hydroxylation is 1. The molecule has 0 aliphatic heterocycles. The van der Waals surface area contributed by atoms with Gasteiger partial charge in [-0.25, -0.2) is 0 Å². The number of hydrogen-bond donors (Lipinski definition) is 2. The van der Waals surface area contributed by atoms with E-state index in [1.54, 1.807) is 19.2 Å². The number of rotatable bonds is 4. The van der Waals surface area contributed by atoms with Gasteiger partial charge >= 0.3 is 0 Å². The number of nitrogens with two attached hydrogens (primary N) is 1. The minimum atomic E-state index is -0.125. The van der Waals surface area contributed by atoms with E-state index in [2.05, 4.69) is 17.2 Å². The van der Waals surface area contributed by atoms with Gasteiger partial charge < -0.3 is 15.8 Å². The lowest BCUT2D eigenvalue weighted by molar-refractivity contribution is 0.0905. The molecule has 1 rings (SSSR count). The molecule has 0 fully saturated rings. The van der Waals surface area contributed by atoms with Gasteiger partial charge in [0, 0.05) is 24.3 Å². The monoisotopic (exact) mass is 260 g/mol. The minimum Gasteiger partial charge on any atom is -0.383 e. The number of carbonyl (C=O) groups excluding carboxylic acids is 1. The average molecular weight is 260 g/mol. The van der Waals surface area contributed by atoms with Crippen LogP contribution in [0.15, 0.2) is 18.2 Å². The summed E-state index contributed by atoms with van der Waals surface area (Å²) in [5.74, 6) is 5.64. The molecule has 102 valence electrons. The molecule has 0 aromatic heterocycles. The zero-order chi connectivity index (χ0) is 14.3. The van der Waals surface area contributed by atoms with Crippen LogP contribution in [0.1, 0.15) is 28.4 Å². The molecule has 4 heteroatoms. The van der Waals surface area contributed by atoms with Gasteiger partial charge in [0.15, 0.2) is 0 Å². The molecule has 4 nitrogen and oxygen atoms in total. The predicted molar refractivity (Wildman–Crippen MR) is 75.9 cm³/mol. The maximum atomic E-state index is 12.0. The fourth-order valence-corrected chi connectivity index (χ4v) is 1.64. The third-order valence-corrected chi connectivity index (χ3v) is 2.62. The molecule has 1 aromatic carbocycles. The fraction of sp³-hybridized carbons (Fsp3) is 0.400. The Hall–Kier alpha value is -1.83. The third-order valence-electron chi connectivity index (χ3n) is 2.62. The highest BCUT2D eigenvalue weighted by Gasteiger charge is 2.10. The van der Waals surface area contributed by atoms with Gasteiger partial charge in [0.25, 0.3) is 5.91 Å². The number of carbonyl (C=O) groups is 1. The van der Waals surface area contributed by atoms with Crippen LogP contribution in [-0.2, 0) is 4.74 Å². The minimum absolute atomic E-state index is 0.0302. The van der Waals surface area contributed by atoms with E-state index in [4.69, 9.17) is 10.5 Å². The molecule has 1 aromatic rings. The number of methoxy groups -OCH3 is 1. The second-order valence-electron chi connectivity index (χ2n) is 4.37. The first-order valence-electron chi connectivity index (χ1n) is 6.18. The number of nitrogens with one attached hydrogen (secondary N) is 1. The molecular weight excluding hydrogens is 240 g/mol. The predicted octanol–water partition coefficient (Wildman–Crippen LogP) is 1.07. The summed E-state index contributed by atoms with van der Waals surface area (Å²) in [6.07, 6.45) is 0. The summed E-state index contributed by atoms with van der Waals surface area (Å²) >= 11 is 0. The van der Waals surface area contributed by atoms with Crippen LogP contribution in [0.25, 0.3) is 0 Å². The van der Waals surface area contributed by atoms with Crippen LogP contribution in [0.2, 0.25) is 0 Å². The number of ether oxygens (including phenoxy) is 1. The second kappa shape index (κ2) is 7.57. The summed E-state index contributed by atoms with van der Waals surface area (Å²) in [7, 11) is 1.61. The van der Waals surface area contributed by atoms with Crippen molar-refractivity contribution in [3.63, 3.8) is 0 Å². The van der Waals surface area contributed by atoms with Gasteiger partial charge in [-0.1, -0.05) is 17.9 Å². The fourth-order valence-electron chi connectivity index (χ4n) is 1.64. The van der Waals surface area contributed by atoms with Crippen molar-refractivity contribution < 1.29 is 9.53 Å². The summed E-state index contributed by atoms with van der Waals surface area (Å²) in [5.41, 5.74) is 7.81. The highest BCUT2D eigenvalue weighted by Crippen LogP contribution is 2.10. The first kappa shape index (κ1) is 15.2. The molecule has 0 saturated heterocycles.